The van der Waals surface area contributed by atoms with Crippen LogP contribution in [0.15, 0.2) is 12.4 Å². The number of piperidine rings is 1. The van der Waals surface area contributed by atoms with Crippen molar-refractivity contribution >= 4 is 15.9 Å². The topological polar surface area (TPSA) is 84.7 Å². The van der Waals surface area contributed by atoms with E-state index >= 15 is 0 Å². The number of imidazole rings is 1. The average molecular weight is 413 g/mol. The van der Waals surface area contributed by atoms with E-state index in [4.69, 9.17) is 4.74 Å². The third-order valence-corrected chi connectivity index (χ3v) is 7.84. The molecule has 2 aliphatic rings. The molecule has 9 heteroatoms. The van der Waals surface area contributed by atoms with E-state index in [1.54, 1.807) is 15.4 Å². The number of likely N-dealkylation sites (N-methyl/N-ethyl adjacent to an activating group) is 1. The van der Waals surface area contributed by atoms with Gasteiger partial charge in [0.1, 0.15) is 11.4 Å². The minimum atomic E-state index is -3.24. The van der Waals surface area contributed by atoms with E-state index in [1.807, 2.05) is 31.5 Å². The summed E-state index contributed by atoms with van der Waals surface area (Å²) < 4.78 is 35.1. The Morgan fingerprint density at radius 2 is 1.96 bits per heavy atom. The lowest BCUT2D eigenvalue weighted by Crippen LogP contribution is -2.55. The number of sulfonamides is 1. The minimum absolute atomic E-state index is 0.0123. The largest absolute Gasteiger partial charge is 0.352 e. The summed E-state index contributed by atoms with van der Waals surface area (Å²) in [6.07, 6.45) is 5.60. The Morgan fingerprint density at radius 1 is 1.29 bits per heavy atom. The van der Waals surface area contributed by atoms with Gasteiger partial charge in [-0.15, -0.1) is 0 Å². The van der Waals surface area contributed by atoms with Gasteiger partial charge in [0.25, 0.3) is 5.91 Å². The lowest BCUT2D eigenvalue weighted by molar-refractivity contribution is -0.178. The van der Waals surface area contributed by atoms with Gasteiger partial charge < -0.3 is 14.2 Å². The molecule has 1 spiro atoms. The zero-order chi connectivity index (χ0) is 20.4. The predicted molar refractivity (Wildman–Crippen MR) is 106 cm³/mol. The zero-order valence-corrected chi connectivity index (χ0v) is 17.9. The SMILES string of the molecule is CCCCS(=O)(=O)N1CCC2(CC1)OC(C(=O)N(CC)CC)Cn1ccnc12. The molecule has 1 atom stereocenters. The normalized spacial score (nSPS) is 22.2. The highest BCUT2D eigenvalue weighted by molar-refractivity contribution is 7.89. The fourth-order valence-electron chi connectivity index (χ4n) is 4.19. The number of carbonyl (C=O) groups excluding carboxylic acids is 1. The second kappa shape index (κ2) is 8.51. The van der Waals surface area contributed by atoms with Crippen molar-refractivity contribution in [2.75, 3.05) is 31.9 Å². The molecule has 1 saturated heterocycles. The summed E-state index contributed by atoms with van der Waals surface area (Å²) in [4.78, 5) is 19.2. The Hall–Kier alpha value is -1.45. The van der Waals surface area contributed by atoms with Crippen molar-refractivity contribution in [1.82, 2.24) is 18.8 Å². The van der Waals surface area contributed by atoms with Crippen molar-refractivity contribution in [3.63, 3.8) is 0 Å². The van der Waals surface area contributed by atoms with Crippen LogP contribution >= 0.6 is 0 Å². The van der Waals surface area contributed by atoms with Gasteiger partial charge in [0.2, 0.25) is 10.0 Å². The fourth-order valence-corrected chi connectivity index (χ4v) is 5.84. The summed E-state index contributed by atoms with van der Waals surface area (Å²) in [5.74, 6) is 0.984. The van der Waals surface area contributed by atoms with Crippen molar-refractivity contribution in [2.45, 2.75) is 64.7 Å². The molecule has 3 rings (SSSR count). The molecule has 8 nitrogen and oxygen atoms in total. The molecule has 1 aromatic heterocycles. The summed E-state index contributed by atoms with van der Waals surface area (Å²) in [5.41, 5.74) is -0.702. The number of carbonyl (C=O) groups is 1. The predicted octanol–water partition coefficient (Wildman–Crippen LogP) is 1.57. The van der Waals surface area contributed by atoms with Gasteiger partial charge in [-0.2, -0.15) is 0 Å². The van der Waals surface area contributed by atoms with Gasteiger partial charge in [-0.3, -0.25) is 4.79 Å². The van der Waals surface area contributed by atoms with E-state index in [1.165, 1.54) is 0 Å². The zero-order valence-electron chi connectivity index (χ0n) is 17.1. The van der Waals surface area contributed by atoms with Crippen molar-refractivity contribution in [3.05, 3.63) is 18.2 Å². The summed E-state index contributed by atoms with van der Waals surface area (Å²) in [5, 5.41) is 0. The van der Waals surface area contributed by atoms with E-state index in [9.17, 15) is 13.2 Å². The van der Waals surface area contributed by atoms with Gasteiger partial charge >= 0.3 is 0 Å². The Morgan fingerprint density at radius 3 is 2.57 bits per heavy atom. The van der Waals surface area contributed by atoms with Crippen molar-refractivity contribution < 1.29 is 17.9 Å². The smallest absolute Gasteiger partial charge is 0.253 e. The summed E-state index contributed by atoms with van der Waals surface area (Å²) in [6.45, 7) is 8.43. The first-order valence-electron chi connectivity index (χ1n) is 10.3. The van der Waals surface area contributed by atoms with Crippen LogP contribution in [0, 0.1) is 0 Å². The number of hydrogen-bond acceptors (Lipinski definition) is 5. The first-order chi connectivity index (χ1) is 13.4. The van der Waals surface area contributed by atoms with Crippen LogP contribution in [0.3, 0.4) is 0 Å². The standard InChI is InChI=1S/C19H32N4O4S/c1-4-7-14-28(25,26)23-11-8-19(9-12-23)18-20-10-13-22(18)15-16(27-19)17(24)21(5-2)6-3/h10,13,16H,4-9,11-12,14-15H2,1-3H3. The second-order valence-electron chi connectivity index (χ2n) is 7.58. The van der Waals surface area contributed by atoms with E-state index in [0.717, 1.165) is 12.2 Å². The van der Waals surface area contributed by atoms with Crippen molar-refractivity contribution in [1.29, 1.82) is 0 Å². The Balaban J connectivity index is 1.79. The number of fused-ring (bicyclic) bond motifs is 2. The highest BCUT2D eigenvalue weighted by atomic mass is 32.2. The van der Waals surface area contributed by atoms with E-state index in [-0.39, 0.29) is 11.7 Å². The number of hydrogen-bond donors (Lipinski definition) is 0. The number of rotatable bonds is 7. The van der Waals surface area contributed by atoms with Gasteiger partial charge in [-0.25, -0.2) is 17.7 Å². The lowest BCUT2D eigenvalue weighted by Gasteiger charge is -2.45. The van der Waals surface area contributed by atoms with Gasteiger partial charge in [0.15, 0.2) is 6.10 Å². The minimum Gasteiger partial charge on any atom is -0.352 e. The monoisotopic (exact) mass is 412 g/mol. The number of ether oxygens (including phenoxy) is 1. The second-order valence-corrected chi connectivity index (χ2v) is 9.67. The molecule has 0 saturated carbocycles. The Kier molecular flexibility index (Phi) is 6.46. The highest BCUT2D eigenvalue weighted by Crippen LogP contribution is 2.41. The molecule has 1 aromatic rings. The summed E-state index contributed by atoms with van der Waals surface area (Å²) in [6, 6.07) is 0. The fraction of sp³-hybridized carbons (Fsp3) is 0.789. The highest BCUT2D eigenvalue weighted by Gasteiger charge is 2.48. The quantitative estimate of drug-likeness (QED) is 0.679. The maximum absolute atomic E-state index is 12.9. The number of aromatic nitrogens is 2. The molecule has 0 N–H and O–H groups in total. The molecular formula is C19H32N4O4S. The third-order valence-electron chi connectivity index (χ3n) is 5.88. The van der Waals surface area contributed by atoms with E-state index < -0.39 is 21.7 Å². The van der Waals surface area contributed by atoms with Crippen molar-refractivity contribution in [2.24, 2.45) is 0 Å². The molecule has 2 aliphatic heterocycles. The number of nitrogens with zero attached hydrogens (tertiary/aromatic N) is 4. The van der Waals surface area contributed by atoms with Crippen LogP contribution in [0.4, 0.5) is 0 Å². The van der Waals surface area contributed by atoms with Gasteiger partial charge in [-0.05, 0) is 33.1 Å². The van der Waals surface area contributed by atoms with Gasteiger partial charge in [0.05, 0.1) is 12.3 Å². The first-order valence-corrected chi connectivity index (χ1v) is 11.9. The molecule has 0 bridgehead atoms. The molecule has 1 unspecified atom stereocenters. The van der Waals surface area contributed by atoms with Crippen LogP contribution in [-0.2, 0) is 31.7 Å². The van der Waals surface area contributed by atoms with E-state index in [2.05, 4.69) is 4.98 Å². The third kappa shape index (κ3) is 3.97. The van der Waals surface area contributed by atoms with Crippen LogP contribution < -0.4 is 0 Å². The molecule has 158 valence electrons. The lowest BCUT2D eigenvalue weighted by atomic mass is 9.89. The summed E-state index contributed by atoms with van der Waals surface area (Å²) in [7, 11) is -3.24. The van der Waals surface area contributed by atoms with Crippen LogP contribution in [-0.4, -0.2) is 71.1 Å². The molecule has 1 fully saturated rings. The Labute approximate surface area is 167 Å². The van der Waals surface area contributed by atoms with Crippen molar-refractivity contribution in [3.8, 4) is 0 Å². The molecule has 28 heavy (non-hydrogen) atoms. The van der Waals surface area contributed by atoms with Crippen LogP contribution in [0.2, 0.25) is 0 Å². The van der Waals surface area contributed by atoms with Crippen LogP contribution in [0.25, 0.3) is 0 Å². The summed E-state index contributed by atoms with van der Waals surface area (Å²) >= 11 is 0. The maximum atomic E-state index is 12.9. The molecular weight excluding hydrogens is 380 g/mol. The Bertz CT molecular complexity index is 780. The molecule has 0 aromatic carbocycles. The maximum Gasteiger partial charge on any atom is 0.253 e. The van der Waals surface area contributed by atoms with Gasteiger partial charge in [-0.1, -0.05) is 13.3 Å². The molecule has 0 aliphatic carbocycles. The molecule has 3 heterocycles. The number of amides is 1. The molecule has 0 radical (unpaired) electrons. The van der Waals surface area contributed by atoms with E-state index in [0.29, 0.717) is 52.0 Å². The van der Waals surface area contributed by atoms with Crippen LogP contribution in [0.1, 0.15) is 52.3 Å². The van der Waals surface area contributed by atoms with Gasteiger partial charge in [0, 0.05) is 38.6 Å². The number of unbranched alkanes of at least 4 members (excludes halogenated alkanes) is 1. The average Bonchev–Trinajstić information content (AvgIpc) is 3.17. The molecule has 1 amide bonds. The first kappa shape index (κ1) is 21.3. The van der Waals surface area contributed by atoms with Crippen LogP contribution in [0.5, 0.6) is 0 Å².